The Bertz CT molecular complexity index is 390. The van der Waals surface area contributed by atoms with Crippen molar-refractivity contribution in [1.82, 2.24) is 0 Å². The minimum Gasteiger partial charge on any atom is -0.807 e. The van der Waals surface area contributed by atoms with Crippen LogP contribution in [-0.4, -0.2) is 4.92 Å². The largest absolute Gasteiger partial charge is 2.00 e. The SMILES string of the molecule is O=[N+]([O-])c1cccc(P(=O)([O-])[O-])c1.[Cu+2]. The molecule has 0 atom stereocenters. The number of hydrogen-bond donors (Lipinski definition) is 0. The Labute approximate surface area is 89.7 Å². The molecule has 0 aliphatic carbocycles. The van der Waals surface area contributed by atoms with Gasteiger partial charge >= 0.3 is 17.1 Å². The summed E-state index contributed by atoms with van der Waals surface area (Å²) in [5.41, 5.74) is -0.413. The minimum absolute atomic E-state index is 0. The number of benzene rings is 1. The molecule has 1 rings (SSSR count). The second-order valence-electron chi connectivity index (χ2n) is 2.27. The summed E-state index contributed by atoms with van der Waals surface area (Å²) in [5, 5.41) is 9.62. The molecule has 0 spiro atoms. The molecule has 0 bridgehead atoms. The van der Waals surface area contributed by atoms with Crippen LogP contribution in [0.1, 0.15) is 0 Å². The number of nitro groups is 1. The predicted molar refractivity (Wildman–Crippen MR) is 40.3 cm³/mol. The van der Waals surface area contributed by atoms with E-state index in [0.717, 1.165) is 24.3 Å². The summed E-state index contributed by atoms with van der Waals surface area (Å²) in [7, 11) is -4.89. The fraction of sp³-hybridized carbons (Fsp3) is 0. The third-order valence-corrected chi connectivity index (χ3v) is 2.27. The van der Waals surface area contributed by atoms with Crippen molar-refractivity contribution in [3.63, 3.8) is 0 Å². The van der Waals surface area contributed by atoms with Gasteiger partial charge < -0.3 is 14.4 Å². The summed E-state index contributed by atoms with van der Waals surface area (Å²) in [6, 6.07) is 4.02. The van der Waals surface area contributed by atoms with Gasteiger partial charge in [-0.1, -0.05) is 12.1 Å². The number of nitro benzene ring substituents is 1. The zero-order chi connectivity index (χ0) is 10.1. The van der Waals surface area contributed by atoms with Crippen LogP contribution in [0.4, 0.5) is 5.69 Å². The van der Waals surface area contributed by atoms with E-state index >= 15 is 0 Å². The molecule has 0 heterocycles. The summed E-state index contributed by atoms with van der Waals surface area (Å²) >= 11 is 0. The van der Waals surface area contributed by atoms with Crippen molar-refractivity contribution in [3.8, 4) is 0 Å². The first-order valence-electron chi connectivity index (χ1n) is 3.18. The summed E-state index contributed by atoms with van der Waals surface area (Å²) in [6.07, 6.45) is 0. The fourth-order valence-corrected chi connectivity index (χ4v) is 1.34. The number of nitrogens with zero attached hydrogens (tertiary/aromatic N) is 1. The van der Waals surface area contributed by atoms with Crippen LogP contribution in [0.25, 0.3) is 0 Å². The first-order valence-corrected chi connectivity index (χ1v) is 4.72. The second-order valence-corrected chi connectivity index (χ2v) is 3.79. The van der Waals surface area contributed by atoms with Gasteiger partial charge in [-0.15, -0.1) is 0 Å². The average molecular weight is 265 g/mol. The summed E-state index contributed by atoms with van der Waals surface area (Å²) < 4.78 is 10.5. The molecular formula is C6H4CuNO5P. The summed E-state index contributed by atoms with van der Waals surface area (Å²) in [5.74, 6) is 0. The zero-order valence-corrected chi connectivity index (χ0v) is 8.38. The molecule has 0 amide bonds. The quantitative estimate of drug-likeness (QED) is 0.299. The van der Waals surface area contributed by atoms with Gasteiger partial charge in [-0.3, -0.25) is 10.1 Å². The molecule has 14 heavy (non-hydrogen) atoms. The van der Waals surface area contributed by atoms with E-state index in [-0.39, 0.29) is 17.1 Å². The Hall–Kier alpha value is -0.711. The fourth-order valence-electron chi connectivity index (χ4n) is 0.777. The molecule has 0 saturated carbocycles. The van der Waals surface area contributed by atoms with Crippen LogP contribution in [0.3, 0.4) is 0 Å². The Balaban J connectivity index is 0.00000169. The maximum atomic E-state index is 10.5. The van der Waals surface area contributed by atoms with Crippen LogP contribution in [0, 0.1) is 10.1 Å². The van der Waals surface area contributed by atoms with Gasteiger partial charge in [0, 0.05) is 12.1 Å². The Morgan fingerprint density at radius 3 is 2.29 bits per heavy atom. The van der Waals surface area contributed by atoms with Crippen LogP contribution < -0.4 is 15.1 Å². The third-order valence-electron chi connectivity index (χ3n) is 1.36. The molecular weight excluding hydrogens is 261 g/mol. The monoisotopic (exact) mass is 264 g/mol. The van der Waals surface area contributed by atoms with Gasteiger partial charge in [0.1, 0.15) is 0 Å². The number of rotatable bonds is 2. The van der Waals surface area contributed by atoms with E-state index in [1.165, 1.54) is 0 Å². The molecule has 8 heteroatoms. The molecule has 0 unspecified atom stereocenters. The van der Waals surface area contributed by atoms with Crippen molar-refractivity contribution < 1.29 is 36.3 Å². The van der Waals surface area contributed by atoms with Crippen LogP contribution in [0.2, 0.25) is 0 Å². The Kier molecular flexibility index (Phi) is 4.44. The number of hydrogen-bond acceptors (Lipinski definition) is 5. The topological polar surface area (TPSA) is 106 Å². The molecule has 1 aromatic rings. The third kappa shape index (κ3) is 3.21. The molecule has 79 valence electrons. The van der Waals surface area contributed by atoms with E-state index in [0.29, 0.717) is 0 Å². The van der Waals surface area contributed by atoms with Gasteiger partial charge in [0.05, 0.1) is 4.92 Å². The predicted octanol–water partition coefficient (Wildman–Crippen LogP) is -0.869. The van der Waals surface area contributed by atoms with E-state index in [1.807, 2.05) is 0 Å². The number of non-ortho nitro benzene ring substituents is 1. The van der Waals surface area contributed by atoms with Crippen molar-refractivity contribution in [2.75, 3.05) is 0 Å². The van der Waals surface area contributed by atoms with Crippen LogP contribution in [-0.2, 0) is 21.6 Å². The molecule has 1 radical (unpaired) electrons. The van der Waals surface area contributed by atoms with Gasteiger partial charge in [0.2, 0.25) is 0 Å². The first kappa shape index (κ1) is 13.3. The summed E-state index contributed by atoms with van der Waals surface area (Å²) in [4.78, 5) is 30.3. The van der Waals surface area contributed by atoms with Gasteiger partial charge in [-0.05, 0) is 12.9 Å². The molecule has 6 nitrogen and oxygen atoms in total. The van der Waals surface area contributed by atoms with Crippen LogP contribution >= 0.6 is 7.60 Å². The molecule has 0 aromatic heterocycles. The molecule has 1 aromatic carbocycles. The van der Waals surface area contributed by atoms with Crippen LogP contribution in [0.5, 0.6) is 0 Å². The maximum Gasteiger partial charge on any atom is 2.00 e. The molecule has 0 aliphatic heterocycles. The van der Waals surface area contributed by atoms with Gasteiger partial charge in [0.25, 0.3) is 5.69 Å². The maximum absolute atomic E-state index is 10.5. The van der Waals surface area contributed by atoms with Crippen molar-refractivity contribution in [2.45, 2.75) is 0 Å². The van der Waals surface area contributed by atoms with E-state index in [1.54, 1.807) is 0 Å². The Morgan fingerprint density at radius 1 is 1.29 bits per heavy atom. The van der Waals surface area contributed by atoms with E-state index in [4.69, 9.17) is 0 Å². The van der Waals surface area contributed by atoms with Crippen LogP contribution in [0.15, 0.2) is 24.3 Å². The smallest absolute Gasteiger partial charge is 0.807 e. The van der Waals surface area contributed by atoms with E-state index < -0.39 is 23.5 Å². The molecule has 0 N–H and O–H groups in total. The molecule has 0 aliphatic rings. The van der Waals surface area contributed by atoms with E-state index in [2.05, 4.69) is 0 Å². The van der Waals surface area contributed by atoms with Gasteiger partial charge in [0.15, 0.2) is 0 Å². The van der Waals surface area contributed by atoms with Crippen molar-refractivity contribution >= 4 is 18.6 Å². The average Bonchev–Trinajstić information content (AvgIpc) is 2.03. The minimum atomic E-state index is -4.89. The zero-order valence-electron chi connectivity index (χ0n) is 6.55. The van der Waals surface area contributed by atoms with Gasteiger partial charge in [-0.2, -0.15) is 0 Å². The van der Waals surface area contributed by atoms with Gasteiger partial charge in [-0.25, -0.2) is 0 Å². The normalized spacial score (nSPS) is 10.4. The molecule has 0 saturated heterocycles. The standard InChI is InChI=1S/C6H6NO5P.Cu/c8-7(9)5-2-1-3-6(4-5)13(10,11)12;/h1-4H,(H2,10,11,12);/q;+2/p-2. The first-order chi connectivity index (χ1) is 5.91. The van der Waals surface area contributed by atoms with Crippen molar-refractivity contribution in [3.05, 3.63) is 34.4 Å². The molecule has 0 fully saturated rings. The second kappa shape index (κ2) is 4.68. The Morgan fingerprint density at radius 2 is 1.86 bits per heavy atom. The summed E-state index contributed by atoms with van der Waals surface area (Å²) in [6.45, 7) is 0. The van der Waals surface area contributed by atoms with Crippen molar-refractivity contribution in [2.24, 2.45) is 0 Å². The van der Waals surface area contributed by atoms with E-state index in [9.17, 15) is 24.5 Å². The van der Waals surface area contributed by atoms with Crippen molar-refractivity contribution in [1.29, 1.82) is 0 Å².